The van der Waals surface area contributed by atoms with Crippen molar-refractivity contribution < 1.29 is 4.79 Å². The predicted molar refractivity (Wildman–Crippen MR) is 97.0 cm³/mol. The zero-order chi connectivity index (χ0) is 16.5. The highest BCUT2D eigenvalue weighted by molar-refractivity contribution is 5.85. The summed E-state index contributed by atoms with van der Waals surface area (Å²) < 4.78 is 2.16. The molecule has 128 valence electrons. The molecule has 2 aliphatic heterocycles. The van der Waals surface area contributed by atoms with Crippen LogP contribution >= 0.6 is 0 Å². The Morgan fingerprint density at radius 3 is 3.04 bits per heavy atom. The zero-order valence-electron chi connectivity index (χ0n) is 14.5. The van der Waals surface area contributed by atoms with Crippen LogP contribution in [0.15, 0.2) is 30.5 Å². The van der Waals surface area contributed by atoms with E-state index < -0.39 is 0 Å². The lowest BCUT2D eigenvalue weighted by atomic mass is 10.0. The SMILES string of the molecule is Cn1cc(CCC(=O)N2CC[C@H]3NCCCC[C@H]32)c2ccccc21. The molecule has 0 unspecified atom stereocenters. The van der Waals surface area contributed by atoms with Crippen molar-refractivity contribution in [2.24, 2.45) is 7.05 Å². The number of para-hydroxylation sites is 1. The Balaban J connectivity index is 1.44. The second kappa shape index (κ2) is 6.60. The van der Waals surface area contributed by atoms with E-state index in [0.717, 1.165) is 32.4 Å². The maximum absolute atomic E-state index is 12.8. The van der Waals surface area contributed by atoms with E-state index in [2.05, 4.69) is 52.3 Å². The van der Waals surface area contributed by atoms with Gasteiger partial charge in [-0.2, -0.15) is 0 Å². The van der Waals surface area contributed by atoms with E-state index in [1.807, 2.05) is 0 Å². The Bertz CT molecular complexity index is 736. The molecule has 1 aromatic heterocycles. The lowest BCUT2D eigenvalue weighted by molar-refractivity contribution is -0.132. The number of rotatable bonds is 3. The minimum Gasteiger partial charge on any atom is -0.350 e. The lowest BCUT2D eigenvalue weighted by Crippen LogP contribution is -2.43. The van der Waals surface area contributed by atoms with Crippen molar-refractivity contribution in [3.63, 3.8) is 0 Å². The number of nitrogens with zero attached hydrogens (tertiary/aromatic N) is 2. The first kappa shape index (κ1) is 15.7. The van der Waals surface area contributed by atoms with Gasteiger partial charge < -0.3 is 14.8 Å². The van der Waals surface area contributed by atoms with Crippen molar-refractivity contribution in [2.45, 2.75) is 50.6 Å². The normalized spacial score (nSPS) is 24.1. The largest absolute Gasteiger partial charge is 0.350 e. The van der Waals surface area contributed by atoms with Crippen LogP contribution in [0.25, 0.3) is 10.9 Å². The van der Waals surface area contributed by atoms with E-state index in [-0.39, 0.29) is 0 Å². The fourth-order valence-corrected chi connectivity index (χ4v) is 4.53. The molecule has 0 bridgehead atoms. The molecule has 3 heterocycles. The molecule has 2 aliphatic rings. The van der Waals surface area contributed by atoms with Crippen LogP contribution in [0, 0.1) is 0 Å². The van der Waals surface area contributed by atoms with Crippen molar-refractivity contribution in [3.8, 4) is 0 Å². The quantitative estimate of drug-likeness (QED) is 0.942. The standard InChI is InChI=1S/C20H27N3O/c1-22-14-15(16-6-2-3-7-18(16)22)9-10-20(24)23-13-11-17-19(23)8-4-5-12-21-17/h2-3,6-7,14,17,19,21H,4-5,8-13H2,1H3/t17-,19-/m1/s1. The number of hydrogen-bond acceptors (Lipinski definition) is 2. The van der Waals surface area contributed by atoms with Gasteiger partial charge in [0.25, 0.3) is 0 Å². The van der Waals surface area contributed by atoms with Crippen molar-refractivity contribution in [2.75, 3.05) is 13.1 Å². The van der Waals surface area contributed by atoms with E-state index in [1.165, 1.54) is 29.3 Å². The predicted octanol–water partition coefficient (Wildman–Crippen LogP) is 2.85. The number of amides is 1. The summed E-state index contributed by atoms with van der Waals surface area (Å²) in [5, 5.41) is 4.91. The number of likely N-dealkylation sites (tertiary alicyclic amines) is 1. The van der Waals surface area contributed by atoms with Gasteiger partial charge >= 0.3 is 0 Å². The number of hydrogen-bond donors (Lipinski definition) is 1. The Hall–Kier alpha value is -1.81. The third-order valence-corrected chi connectivity index (χ3v) is 5.79. The molecular formula is C20H27N3O. The minimum absolute atomic E-state index is 0.333. The Labute approximate surface area is 143 Å². The van der Waals surface area contributed by atoms with Gasteiger partial charge in [-0.05, 0) is 43.9 Å². The minimum atomic E-state index is 0.333. The van der Waals surface area contributed by atoms with Crippen molar-refractivity contribution in [1.82, 2.24) is 14.8 Å². The molecule has 2 fully saturated rings. The molecule has 0 spiro atoms. The van der Waals surface area contributed by atoms with Crippen molar-refractivity contribution >= 4 is 16.8 Å². The summed E-state index contributed by atoms with van der Waals surface area (Å²) in [5.74, 6) is 0.333. The van der Waals surface area contributed by atoms with E-state index in [4.69, 9.17) is 0 Å². The van der Waals surface area contributed by atoms with Crippen LogP contribution in [0.4, 0.5) is 0 Å². The van der Waals surface area contributed by atoms with Crippen molar-refractivity contribution in [3.05, 3.63) is 36.0 Å². The van der Waals surface area contributed by atoms with Crippen LogP contribution in [-0.4, -0.2) is 40.5 Å². The second-order valence-corrected chi connectivity index (χ2v) is 7.28. The molecule has 4 rings (SSSR count). The summed E-state index contributed by atoms with van der Waals surface area (Å²) in [4.78, 5) is 15.0. The molecule has 1 aromatic carbocycles. The average Bonchev–Trinajstić information content (AvgIpc) is 3.06. The smallest absolute Gasteiger partial charge is 0.223 e. The van der Waals surface area contributed by atoms with Crippen LogP contribution < -0.4 is 5.32 Å². The maximum atomic E-state index is 12.8. The highest BCUT2D eigenvalue weighted by Gasteiger charge is 2.36. The maximum Gasteiger partial charge on any atom is 0.223 e. The van der Waals surface area contributed by atoms with Gasteiger partial charge in [-0.15, -0.1) is 0 Å². The third-order valence-electron chi connectivity index (χ3n) is 5.79. The highest BCUT2D eigenvalue weighted by atomic mass is 16.2. The molecule has 2 aromatic rings. The Morgan fingerprint density at radius 1 is 1.25 bits per heavy atom. The molecule has 0 aliphatic carbocycles. The van der Waals surface area contributed by atoms with E-state index in [1.54, 1.807) is 0 Å². The molecule has 1 N–H and O–H groups in total. The lowest BCUT2D eigenvalue weighted by Gasteiger charge is -2.27. The number of benzene rings is 1. The number of carbonyl (C=O) groups excluding carboxylic acids is 1. The first-order chi connectivity index (χ1) is 11.7. The fourth-order valence-electron chi connectivity index (χ4n) is 4.53. The average molecular weight is 325 g/mol. The van der Waals surface area contributed by atoms with Gasteiger partial charge in [0.15, 0.2) is 0 Å². The fraction of sp³-hybridized carbons (Fsp3) is 0.550. The number of nitrogens with one attached hydrogen (secondary N) is 1. The van der Waals surface area contributed by atoms with Gasteiger partial charge in [0.05, 0.1) is 0 Å². The van der Waals surface area contributed by atoms with Gasteiger partial charge in [-0.3, -0.25) is 4.79 Å². The summed E-state index contributed by atoms with van der Waals surface area (Å²) >= 11 is 0. The monoisotopic (exact) mass is 325 g/mol. The van der Waals surface area contributed by atoms with Crippen LogP contribution in [0.1, 0.15) is 37.7 Å². The molecule has 1 amide bonds. The Kier molecular flexibility index (Phi) is 4.31. The number of aromatic nitrogens is 1. The molecule has 4 heteroatoms. The summed E-state index contributed by atoms with van der Waals surface area (Å²) in [6.45, 7) is 2.04. The van der Waals surface area contributed by atoms with Crippen LogP contribution in [0.2, 0.25) is 0 Å². The molecule has 2 atom stereocenters. The first-order valence-electron chi connectivity index (χ1n) is 9.30. The van der Waals surface area contributed by atoms with E-state index in [0.29, 0.717) is 24.4 Å². The molecule has 2 saturated heterocycles. The summed E-state index contributed by atoms with van der Waals surface area (Å²) in [7, 11) is 2.08. The van der Waals surface area contributed by atoms with Gasteiger partial charge in [0.1, 0.15) is 0 Å². The topological polar surface area (TPSA) is 37.3 Å². The Morgan fingerprint density at radius 2 is 2.12 bits per heavy atom. The van der Waals surface area contributed by atoms with Crippen LogP contribution in [0.3, 0.4) is 0 Å². The summed E-state index contributed by atoms with van der Waals surface area (Å²) in [6, 6.07) is 9.40. The zero-order valence-corrected chi connectivity index (χ0v) is 14.5. The van der Waals surface area contributed by atoms with Gasteiger partial charge in [-0.1, -0.05) is 24.6 Å². The molecule has 0 radical (unpaired) electrons. The van der Waals surface area contributed by atoms with Crippen LogP contribution in [0.5, 0.6) is 0 Å². The van der Waals surface area contributed by atoms with Gasteiger partial charge in [-0.25, -0.2) is 0 Å². The van der Waals surface area contributed by atoms with Gasteiger partial charge in [0, 0.05) is 49.2 Å². The number of fused-ring (bicyclic) bond motifs is 2. The number of aryl methyl sites for hydroxylation is 2. The van der Waals surface area contributed by atoms with Gasteiger partial charge in [0.2, 0.25) is 5.91 Å². The van der Waals surface area contributed by atoms with Crippen LogP contribution in [-0.2, 0) is 18.3 Å². The first-order valence-corrected chi connectivity index (χ1v) is 9.30. The number of carbonyl (C=O) groups is 1. The van der Waals surface area contributed by atoms with Crippen molar-refractivity contribution in [1.29, 1.82) is 0 Å². The second-order valence-electron chi connectivity index (χ2n) is 7.28. The third kappa shape index (κ3) is 2.84. The molecular weight excluding hydrogens is 298 g/mol. The van der Waals surface area contributed by atoms with E-state index >= 15 is 0 Å². The molecule has 4 nitrogen and oxygen atoms in total. The summed E-state index contributed by atoms with van der Waals surface area (Å²) in [5.41, 5.74) is 2.53. The summed E-state index contributed by atoms with van der Waals surface area (Å²) in [6.07, 6.45) is 8.39. The van der Waals surface area contributed by atoms with E-state index in [9.17, 15) is 4.79 Å². The molecule has 0 saturated carbocycles. The highest BCUT2D eigenvalue weighted by Crippen LogP contribution is 2.27. The molecule has 24 heavy (non-hydrogen) atoms.